The number of amides is 1. The molecule has 0 aliphatic rings. The van der Waals surface area contributed by atoms with Crippen LogP contribution in [0.25, 0.3) is 0 Å². The first-order chi connectivity index (χ1) is 12.7. The van der Waals surface area contributed by atoms with Gasteiger partial charge in [-0.1, -0.05) is 38.1 Å². The number of nitrogens with one attached hydrogen (secondary N) is 2. The van der Waals surface area contributed by atoms with E-state index >= 15 is 0 Å². The van der Waals surface area contributed by atoms with Gasteiger partial charge in [0.1, 0.15) is 5.75 Å². The lowest BCUT2D eigenvalue weighted by molar-refractivity contribution is -0.116. The summed E-state index contributed by atoms with van der Waals surface area (Å²) in [6.45, 7) is 4.29. The summed E-state index contributed by atoms with van der Waals surface area (Å²) in [5.74, 6) is 0.703. The Morgan fingerprint density at radius 1 is 1.11 bits per heavy atom. The Balaban J connectivity index is 1.96. The standard InChI is InChI=1S/C20H26N2O4S/c1-14(2)16-8-5-15(6-9-16)7-12-20(23)21-17-10-11-18(19(13-17)26-3)22-27(4,24)25/h5-6,8-11,13-14,22H,7,12H2,1-4H3,(H,21,23). The molecule has 2 rings (SSSR count). The van der Waals surface area contributed by atoms with Crippen molar-refractivity contribution < 1.29 is 17.9 Å². The number of ether oxygens (including phenoxy) is 1. The highest BCUT2D eigenvalue weighted by Gasteiger charge is 2.11. The maximum Gasteiger partial charge on any atom is 0.229 e. The Morgan fingerprint density at radius 3 is 2.33 bits per heavy atom. The second-order valence-electron chi connectivity index (χ2n) is 6.73. The summed E-state index contributed by atoms with van der Waals surface area (Å²) in [4.78, 5) is 12.2. The van der Waals surface area contributed by atoms with Crippen LogP contribution in [0.3, 0.4) is 0 Å². The predicted octanol–water partition coefficient (Wildman–Crippen LogP) is 3.76. The average molecular weight is 391 g/mol. The van der Waals surface area contributed by atoms with E-state index in [1.165, 1.54) is 12.7 Å². The molecule has 2 aromatic rings. The van der Waals surface area contributed by atoms with Crippen molar-refractivity contribution in [1.29, 1.82) is 0 Å². The van der Waals surface area contributed by atoms with Crippen LogP contribution in [0.15, 0.2) is 42.5 Å². The number of hydrogen-bond donors (Lipinski definition) is 2. The van der Waals surface area contributed by atoms with Crippen molar-refractivity contribution in [1.82, 2.24) is 0 Å². The number of benzene rings is 2. The van der Waals surface area contributed by atoms with Crippen LogP contribution in [-0.2, 0) is 21.2 Å². The zero-order valence-electron chi connectivity index (χ0n) is 16.1. The quantitative estimate of drug-likeness (QED) is 0.719. The normalized spacial score (nSPS) is 11.3. The van der Waals surface area contributed by atoms with Crippen molar-refractivity contribution in [2.24, 2.45) is 0 Å². The van der Waals surface area contributed by atoms with Crippen LogP contribution >= 0.6 is 0 Å². The first kappa shape index (κ1) is 20.8. The molecular formula is C20H26N2O4S. The Kier molecular flexibility index (Phi) is 6.85. The third-order valence-electron chi connectivity index (χ3n) is 4.07. The molecule has 0 fully saturated rings. The molecule has 0 radical (unpaired) electrons. The van der Waals surface area contributed by atoms with Gasteiger partial charge in [-0.15, -0.1) is 0 Å². The van der Waals surface area contributed by atoms with Gasteiger partial charge in [0.2, 0.25) is 15.9 Å². The second-order valence-corrected chi connectivity index (χ2v) is 8.48. The molecule has 0 heterocycles. The van der Waals surface area contributed by atoms with E-state index in [0.717, 1.165) is 11.8 Å². The van der Waals surface area contributed by atoms with Crippen molar-refractivity contribution in [3.05, 3.63) is 53.6 Å². The molecular weight excluding hydrogens is 364 g/mol. The second kappa shape index (κ2) is 8.90. The van der Waals surface area contributed by atoms with Crippen molar-refractivity contribution in [2.45, 2.75) is 32.6 Å². The van der Waals surface area contributed by atoms with Gasteiger partial charge in [-0.05, 0) is 35.6 Å². The highest BCUT2D eigenvalue weighted by molar-refractivity contribution is 7.92. The maximum atomic E-state index is 12.2. The van der Waals surface area contributed by atoms with E-state index in [2.05, 4.69) is 48.2 Å². The van der Waals surface area contributed by atoms with Crippen LogP contribution in [-0.4, -0.2) is 27.7 Å². The zero-order chi connectivity index (χ0) is 20.0. The fourth-order valence-corrected chi connectivity index (χ4v) is 3.17. The molecule has 7 heteroatoms. The van der Waals surface area contributed by atoms with Crippen LogP contribution in [0.1, 0.15) is 37.3 Å². The van der Waals surface area contributed by atoms with Gasteiger partial charge in [-0.3, -0.25) is 9.52 Å². The zero-order valence-corrected chi connectivity index (χ0v) is 16.9. The molecule has 2 aromatic carbocycles. The third-order valence-corrected chi connectivity index (χ3v) is 4.66. The molecule has 6 nitrogen and oxygen atoms in total. The fourth-order valence-electron chi connectivity index (χ4n) is 2.60. The SMILES string of the molecule is COc1cc(NC(=O)CCc2ccc(C(C)C)cc2)ccc1NS(C)(=O)=O. The summed E-state index contributed by atoms with van der Waals surface area (Å²) in [6, 6.07) is 13.1. The summed E-state index contributed by atoms with van der Waals surface area (Å²) in [5.41, 5.74) is 3.26. The molecule has 0 atom stereocenters. The molecule has 0 aromatic heterocycles. The molecule has 146 valence electrons. The lowest BCUT2D eigenvalue weighted by atomic mass is 10.0. The lowest BCUT2D eigenvalue weighted by Gasteiger charge is -2.12. The number of carbonyl (C=O) groups is 1. The minimum absolute atomic E-state index is 0.117. The van der Waals surface area contributed by atoms with E-state index in [9.17, 15) is 13.2 Å². The van der Waals surface area contributed by atoms with Gasteiger partial charge >= 0.3 is 0 Å². The van der Waals surface area contributed by atoms with Crippen LogP contribution < -0.4 is 14.8 Å². The molecule has 0 aliphatic heterocycles. The molecule has 0 unspecified atom stereocenters. The van der Waals surface area contributed by atoms with Gasteiger partial charge in [0, 0.05) is 18.2 Å². The number of hydrogen-bond acceptors (Lipinski definition) is 4. The van der Waals surface area contributed by atoms with Crippen LogP contribution in [0.2, 0.25) is 0 Å². The van der Waals surface area contributed by atoms with E-state index < -0.39 is 10.0 Å². The molecule has 1 amide bonds. The maximum absolute atomic E-state index is 12.2. The summed E-state index contributed by atoms with van der Waals surface area (Å²) >= 11 is 0. The molecule has 0 bridgehead atoms. The van der Waals surface area contributed by atoms with E-state index in [-0.39, 0.29) is 5.91 Å². The van der Waals surface area contributed by atoms with Crippen molar-refractivity contribution in [3.63, 3.8) is 0 Å². The van der Waals surface area contributed by atoms with Crippen LogP contribution in [0, 0.1) is 0 Å². The van der Waals surface area contributed by atoms with Crippen molar-refractivity contribution in [3.8, 4) is 5.75 Å². The first-order valence-corrected chi connectivity index (χ1v) is 10.6. The first-order valence-electron chi connectivity index (χ1n) is 8.72. The Morgan fingerprint density at radius 2 is 1.78 bits per heavy atom. The number of rotatable bonds is 8. The molecule has 27 heavy (non-hydrogen) atoms. The van der Waals surface area contributed by atoms with Gasteiger partial charge in [0.15, 0.2) is 0 Å². The van der Waals surface area contributed by atoms with E-state index in [4.69, 9.17) is 4.74 Å². The lowest BCUT2D eigenvalue weighted by Crippen LogP contribution is -2.13. The minimum Gasteiger partial charge on any atom is -0.494 e. The Hall–Kier alpha value is -2.54. The highest BCUT2D eigenvalue weighted by atomic mass is 32.2. The summed E-state index contributed by atoms with van der Waals surface area (Å²) in [5, 5.41) is 2.81. The van der Waals surface area contributed by atoms with Crippen LogP contribution in [0.5, 0.6) is 5.75 Å². The van der Waals surface area contributed by atoms with E-state index in [1.807, 2.05) is 0 Å². The third kappa shape index (κ3) is 6.60. The smallest absolute Gasteiger partial charge is 0.229 e. The average Bonchev–Trinajstić information content (AvgIpc) is 2.60. The molecule has 0 aliphatic carbocycles. The number of anilines is 2. The van der Waals surface area contributed by atoms with E-state index in [0.29, 0.717) is 35.9 Å². The highest BCUT2D eigenvalue weighted by Crippen LogP contribution is 2.28. The van der Waals surface area contributed by atoms with Gasteiger partial charge in [-0.25, -0.2) is 8.42 Å². The largest absolute Gasteiger partial charge is 0.494 e. The topological polar surface area (TPSA) is 84.5 Å². The Labute approximate surface area is 161 Å². The number of carbonyl (C=O) groups excluding carboxylic acids is 1. The van der Waals surface area contributed by atoms with Crippen LogP contribution in [0.4, 0.5) is 11.4 Å². The number of methoxy groups -OCH3 is 1. The van der Waals surface area contributed by atoms with Gasteiger partial charge in [0.05, 0.1) is 19.1 Å². The summed E-state index contributed by atoms with van der Waals surface area (Å²) in [6.07, 6.45) is 2.07. The molecule has 0 spiro atoms. The molecule has 2 N–H and O–H groups in total. The summed E-state index contributed by atoms with van der Waals surface area (Å²) < 4.78 is 30.3. The fraction of sp³-hybridized carbons (Fsp3) is 0.350. The van der Waals surface area contributed by atoms with Gasteiger partial charge < -0.3 is 10.1 Å². The molecule has 0 saturated carbocycles. The minimum atomic E-state index is -3.41. The summed E-state index contributed by atoms with van der Waals surface area (Å²) in [7, 11) is -1.97. The van der Waals surface area contributed by atoms with Gasteiger partial charge in [0.25, 0.3) is 0 Å². The monoisotopic (exact) mass is 390 g/mol. The number of sulfonamides is 1. The van der Waals surface area contributed by atoms with Crippen molar-refractivity contribution >= 4 is 27.3 Å². The Bertz CT molecular complexity index is 891. The predicted molar refractivity (Wildman–Crippen MR) is 109 cm³/mol. The van der Waals surface area contributed by atoms with Crippen molar-refractivity contribution in [2.75, 3.05) is 23.4 Å². The van der Waals surface area contributed by atoms with Gasteiger partial charge in [-0.2, -0.15) is 0 Å². The number of aryl methyl sites for hydroxylation is 1. The van der Waals surface area contributed by atoms with E-state index in [1.54, 1.807) is 18.2 Å². The molecule has 0 saturated heterocycles.